The average Bonchev–Trinajstić information content (AvgIpc) is 1.65. The highest BCUT2D eigenvalue weighted by Crippen LogP contribution is 2.32. The van der Waals surface area contributed by atoms with E-state index in [4.69, 9.17) is 0 Å². The Morgan fingerprint density at radius 1 is 1.25 bits per heavy atom. The van der Waals surface area contributed by atoms with E-state index in [9.17, 15) is 17.0 Å². The van der Waals surface area contributed by atoms with Crippen molar-refractivity contribution < 1.29 is 17.0 Å². The molecule has 1 heterocycles. The quantitative estimate of drug-likeness (QED) is 0.276. The highest BCUT2D eigenvalue weighted by Gasteiger charge is 2.54. The monoisotopic (exact) mass is 158 g/mol. The Balaban J connectivity index is 2.80. The molecule has 0 spiro atoms. The molecule has 0 amide bonds. The molecule has 0 unspecified atom stereocenters. The van der Waals surface area contributed by atoms with Crippen LogP contribution in [-0.2, 0) is 0 Å². The highest BCUT2D eigenvalue weighted by molar-refractivity contribution is 7.28. The van der Waals surface area contributed by atoms with Crippen molar-refractivity contribution in [1.82, 2.24) is 0 Å². The van der Waals surface area contributed by atoms with Crippen molar-refractivity contribution >= 4 is 17.3 Å². The van der Waals surface area contributed by atoms with E-state index in [-0.39, 0.29) is 0 Å². The van der Waals surface area contributed by atoms with Gasteiger partial charge in [-0.1, -0.05) is 0 Å². The fourth-order valence-corrected chi connectivity index (χ4v) is 3.76. The zero-order valence-corrected chi connectivity index (χ0v) is 6.13. The van der Waals surface area contributed by atoms with Gasteiger partial charge in [0, 0.05) is 0 Å². The van der Waals surface area contributed by atoms with Crippen LogP contribution in [-0.4, -0.2) is 17.3 Å². The van der Waals surface area contributed by atoms with Crippen LogP contribution < -0.4 is 0 Å². The molecule has 0 saturated carbocycles. The lowest BCUT2D eigenvalue weighted by Crippen LogP contribution is -2.43. The molecule has 0 aromatic heterocycles. The van der Waals surface area contributed by atoms with Gasteiger partial charge in [0.05, 0.1) is 0 Å². The lowest BCUT2D eigenvalue weighted by Gasteiger charge is -2.17. The van der Waals surface area contributed by atoms with Crippen LogP contribution in [0.25, 0.3) is 0 Å². The molecule has 0 bridgehead atoms. The van der Waals surface area contributed by atoms with Gasteiger partial charge in [0.1, 0.15) is 5.45 Å². The van der Waals surface area contributed by atoms with Crippen LogP contribution in [0.2, 0.25) is 0 Å². The molecule has 1 aliphatic rings. The topological polar surface area (TPSA) is 0 Å². The van der Waals surface area contributed by atoms with Gasteiger partial charge < -0.3 is 0 Å². The summed E-state index contributed by atoms with van der Waals surface area (Å²) in [5.74, 6) is 0. The molecule has 8 heavy (non-hydrogen) atoms. The molecule has 46 valence electrons. The summed E-state index contributed by atoms with van der Waals surface area (Å²) in [6, 6.07) is 0. The minimum absolute atomic E-state index is 1.12. The van der Waals surface area contributed by atoms with Crippen LogP contribution >= 0.6 is 0 Å². The second kappa shape index (κ2) is 1.44. The van der Waals surface area contributed by atoms with Crippen molar-refractivity contribution in [1.29, 1.82) is 0 Å². The molecule has 0 atom stereocenters. The molecule has 0 nitrogen and oxygen atoms in total. The van der Waals surface area contributed by atoms with Crippen molar-refractivity contribution in [3.63, 3.8) is 0 Å². The first kappa shape index (κ1) is 6.02. The first-order valence-corrected chi connectivity index (χ1v) is 6.75. The van der Waals surface area contributed by atoms with Gasteiger partial charge in [0.2, 0.25) is 0 Å². The third kappa shape index (κ3) is 0.636. The molecule has 6 heteroatoms. The fourth-order valence-electron chi connectivity index (χ4n) is 0.442. The maximum Gasteiger partial charge on any atom is 0.463 e. The predicted octanol–water partition coefficient (Wildman–Crippen LogP) is 0.694. The summed E-state index contributed by atoms with van der Waals surface area (Å²) in [4.78, 5) is 0. The van der Waals surface area contributed by atoms with Gasteiger partial charge in [0.25, 0.3) is 0 Å². The van der Waals surface area contributed by atoms with E-state index in [2.05, 4.69) is 0 Å². The summed E-state index contributed by atoms with van der Waals surface area (Å²) in [5, 5.41) is 0. The molecule has 1 rings (SSSR count). The largest absolute Gasteiger partial charge is 0.463 e. The van der Waals surface area contributed by atoms with Crippen molar-refractivity contribution in [3.05, 3.63) is 10.9 Å². The summed E-state index contributed by atoms with van der Waals surface area (Å²) < 4.78 is 46.5. The van der Waals surface area contributed by atoms with Gasteiger partial charge in [-0.3, -0.25) is 8.22 Å². The number of halogens is 4. The summed E-state index contributed by atoms with van der Waals surface area (Å²) in [6.45, 7) is 0. The molecule has 0 aromatic rings. The molecular weight excluding hydrogens is 156 g/mol. The second-order valence-electron chi connectivity index (χ2n) is 1.60. The van der Waals surface area contributed by atoms with E-state index < -0.39 is 28.2 Å². The summed E-state index contributed by atoms with van der Waals surface area (Å²) >= 11 is 0. The normalized spacial score (nSPS) is 28.5. The van der Waals surface area contributed by atoms with E-state index in [0.29, 0.717) is 0 Å². The molecule has 0 saturated heterocycles. The van der Waals surface area contributed by atoms with Crippen molar-refractivity contribution in [2.75, 3.05) is 0 Å². The number of hydrogen-bond donors (Lipinski definition) is 0. The van der Waals surface area contributed by atoms with Crippen molar-refractivity contribution in [3.8, 4) is 0 Å². The number of rotatable bonds is 0. The molecule has 1 aliphatic heterocycles. The maximum absolute atomic E-state index is 11.7. The van der Waals surface area contributed by atoms with E-state index in [1.165, 1.54) is 0 Å². The summed E-state index contributed by atoms with van der Waals surface area (Å²) in [6.07, 6.45) is 0. The van der Waals surface area contributed by atoms with Gasteiger partial charge in [-0.05, 0) is 0 Å². The zero-order valence-electron chi connectivity index (χ0n) is 3.72. The van der Waals surface area contributed by atoms with Gasteiger partial charge in [0.15, 0.2) is 14.5 Å². The minimum atomic E-state index is -4.64. The summed E-state index contributed by atoms with van der Waals surface area (Å²) in [7, 11) is -6.69. The van der Waals surface area contributed by atoms with Gasteiger partial charge >= 0.3 is 8.26 Å². The number of hydrogen-bond acceptors (Lipinski definition) is 0. The van der Waals surface area contributed by atoms with Gasteiger partial charge in [-0.2, -0.15) is 0 Å². The second-order valence-corrected chi connectivity index (χ2v) is 8.15. The Bertz CT molecular complexity index is 150. The molecular formula is C2H2F4Si2. The molecule has 0 fully saturated rings. The van der Waals surface area contributed by atoms with Crippen LogP contribution in [0, 0.1) is 0 Å². The van der Waals surface area contributed by atoms with Crippen LogP contribution in [0.4, 0.5) is 17.0 Å². The molecule has 0 radical (unpaired) electrons. The Hall–Kier alpha value is -0.106. The van der Waals surface area contributed by atoms with Crippen molar-refractivity contribution in [2.45, 2.75) is 0 Å². The van der Waals surface area contributed by atoms with Gasteiger partial charge in [-0.15, -0.1) is 0 Å². The standard InChI is InChI=1S/C2H2F4Si2/c3-1-2(4)8(5,6)7-1/h7H2. The fraction of sp³-hybridized carbons (Fsp3) is 0. The summed E-state index contributed by atoms with van der Waals surface area (Å²) in [5.41, 5.74) is -2.83. The first-order valence-electron chi connectivity index (χ1n) is 1.96. The Kier molecular flexibility index (Phi) is 1.08. The first-order chi connectivity index (χ1) is 3.54. The van der Waals surface area contributed by atoms with E-state index in [1.807, 2.05) is 0 Å². The van der Waals surface area contributed by atoms with Crippen molar-refractivity contribution in [2.24, 2.45) is 0 Å². The third-order valence-corrected chi connectivity index (χ3v) is 6.46. The Morgan fingerprint density at radius 2 is 1.75 bits per heavy atom. The van der Waals surface area contributed by atoms with Crippen LogP contribution in [0.1, 0.15) is 0 Å². The highest BCUT2D eigenvalue weighted by atomic mass is 29.2. The molecule has 0 aliphatic carbocycles. The average molecular weight is 158 g/mol. The third-order valence-electron chi connectivity index (χ3n) is 0.937. The smallest absolute Gasteiger partial charge is 0.267 e. The zero-order chi connectivity index (χ0) is 6.36. The minimum Gasteiger partial charge on any atom is -0.267 e. The van der Waals surface area contributed by atoms with Crippen LogP contribution in [0.3, 0.4) is 0 Å². The van der Waals surface area contributed by atoms with Crippen LogP contribution in [0.5, 0.6) is 0 Å². The SMILES string of the molecule is FC1=C(F)[Si](F)(F)[SiH2]1. The predicted molar refractivity (Wildman–Crippen MR) is 25.8 cm³/mol. The molecule has 0 N–H and O–H groups in total. The van der Waals surface area contributed by atoms with Gasteiger partial charge in [-0.25, -0.2) is 8.78 Å². The van der Waals surface area contributed by atoms with E-state index in [0.717, 1.165) is 0 Å². The van der Waals surface area contributed by atoms with E-state index in [1.54, 1.807) is 0 Å². The lowest BCUT2D eigenvalue weighted by atomic mass is 11.1. The maximum atomic E-state index is 11.7. The Labute approximate surface area is 46.2 Å². The van der Waals surface area contributed by atoms with E-state index >= 15 is 0 Å². The Morgan fingerprint density at radius 3 is 1.75 bits per heavy atom. The lowest BCUT2D eigenvalue weighted by molar-refractivity contribution is 0.526. The van der Waals surface area contributed by atoms with Crippen LogP contribution in [0.15, 0.2) is 10.9 Å². The molecule has 0 aromatic carbocycles.